The van der Waals surface area contributed by atoms with E-state index in [-0.39, 0.29) is 24.1 Å². The van der Waals surface area contributed by atoms with E-state index >= 15 is 0 Å². The highest BCUT2D eigenvalue weighted by Gasteiger charge is 2.34. The molecule has 1 amide bonds. The van der Waals surface area contributed by atoms with Crippen LogP contribution in [0.25, 0.3) is 0 Å². The van der Waals surface area contributed by atoms with E-state index in [1.165, 1.54) is 4.31 Å². The van der Waals surface area contributed by atoms with Crippen LogP contribution in [0.4, 0.5) is 0 Å². The number of rotatable bonds is 4. The van der Waals surface area contributed by atoms with Gasteiger partial charge in [-0.1, -0.05) is 23.7 Å². The van der Waals surface area contributed by atoms with E-state index in [4.69, 9.17) is 16.3 Å². The van der Waals surface area contributed by atoms with E-state index in [1.807, 2.05) is 0 Å². The lowest BCUT2D eigenvalue weighted by Gasteiger charge is -2.35. The van der Waals surface area contributed by atoms with Gasteiger partial charge in [-0.05, 0) is 30.5 Å². The van der Waals surface area contributed by atoms with Crippen LogP contribution in [0.3, 0.4) is 0 Å². The van der Waals surface area contributed by atoms with Crippen LogP contribution in [0, 0.1) is 5.92 Å². The SMILES string of the molecule is O=C([C@@H]1CCCN(S(=O)(=O)Cc2ccc(Cl)cc2)C1)N1CCOCC1. The Hall–Kier alpha value is -1.15. The van der Waals surface area contributed by atoms with Gasteiger partial charge in [0.2, 0.25) is 15.9 Å². The average Bonchev–Trinajstić information content (AvgIpc) is 2.64. The molecule has 25 heavy (non-hydrogen) atoms. The van der Waals surface area contributed by atoms with E-state index < -0.39 is 10.0 Å². The van der Waals surface area contributed by atoms with Crippen molar-refractivity contribution in [1.82, 2.24) is 9.21 Å². The summed E-state index contributed by atoms with van der Waals surface area (Å²) in [5.74, 6) is -0.274. The molecular formula is C17H23ClN2O4S. The topological polar surface area (TPSA) is 66.9 Å². The van der Waals surface area contributed by atoms with Crippen molar-refractivity contribution in [1.29, 1.82) is 0 Å². The highest BCUT2D eigenvalue weighted by Crippen LogP contribution is 2.24. The summed E-state index contributed by atoms with van der Waals surface area (Å²) >= 11 is 5.85. The molecular weight excluding hydrogens is 364 g/mol. The number of benzene rings is 1. The molecule has 138 valence electrons. The van der Waals surface area contributed by atoms with Gasteiger partial charge in [-0.2, -0.15) is 0 Å². The predicted molar refractivity (Wildman–Crippen MR) is 95.8 cm³/mol. The second kappa shape index (κ2) is 8.03. The molecule has 0 aliphatic carbocycles. The van der Waals surface area contributed by atoms with E-state index in [2.05, 4.69) is 0 Å². The number of amides is 1. The standard InChI is InChI=1S/C17H23ClN2O4S/c18-16-5-3-14(4-6-16)13-25(22,23)20-7-1-2-15(12-20)17(21)19-8-10-24-11-9-19/h3-6,15H,1-2,7-13H2/t15-/m1/s1. The van der Waals surface area contributed by atoms with Gasteiger partial charge in [-0.25, -0.2) is 12.7 Å². The number of hydrogen-bond donors (Lipinski definition) is 0. The van der Waals surface area contributed by atoms with Gasteiger partial charge in [0.15, 0.2) is 0 Å². The third-order valence-electron chi connectivity index (χ3n) is 4.71. The van der Waals surface area contributed by atoms with Crippen molar-refractivity contribution >= 4 is 27.5 Å². The largest absolute Gasteiger partial charge is 0.378 e. The molecule has 0 aromatic heterocycles. The maximum absolute atomic E-state index is 12.7. The zero-order valence-corrected chi connectivity index (χ0v) is 15.6. The van der Waals surface area contributed by atoms with Crippen molar-refractivity contribution in [2.75, 3.05) is 39.4 Å². The van der Waals surface area contributed by atoms with Gasteiger partial charge >= 0.3 is 0 Å². The molecule has 0 unspecified atom stereocenters. The zero-order chi connectivity index (χ0) is 17.9. The fourth-order valence-electron chi connectivity index (χ4n) is 3.32. The first-order valence-corrected chi connectivity index (χ1v) is 10.5. The molecule has 2 aliphatic heterocycles. The summed E-state index contributed by atoms with van der Waals surface area (Å²) in [6, 6.07) is 6.82. The minimum atomic E-state index is -3.45. The summed E-state index contributed by atoms with van der Waals surface area (Å²) in [7, 11) is -3.45. The summed E-state index contributed by atoms with van der Waals surface area (Å²) in [5, 5.41) is 0.579. The highest BCUT2D eigenvalue weighted by atomic mass is 35.5. The quantitative estimate of drug-likeness (QED) is 0.790. The first-order valence-electron chi connectivity index (χ1n) is 8.54. The Balaban J connectivity index is 1.65. The molecule has 0 N–H and O–H groups in total. The van der Waals surface area contributed by atoms with E-state index in [0.29, 0.717) is 49.9 Å². The van der Waals surface area contributed by atoms with Gasteiger partial charge in [-0.3, -0.25) is 4.79 Å². The number of halogens is 1. The van der Waals surface area contributed by atoms with Gasteiger partial charge < -0.3 is 9.64 Å². The Labute approximate surface area is 153 Å². The van der Waals surface area contributed by atoms with Gasteiger partial charge in [0.1, 0.15) is 0 Å². The van der Waals surface area contributed by atoms with E-state index in [9.17, 15) is 13.2 Å². The fourth-order valence-corrected chi connectivity index (χ4v) is 5.06. The number of sulfonamides is 1. The third kappa shape index (κ3) is 4.73. The molecule has 0 spiro atoms. The van der Waals surface area contributed by atoms with Crippen molar-refractivity contribution in [2.45, 2.75) is 18.6 Å². The Kier molecular flexibility index (Phi) is 5.99. The molecule has 2 saturated heterocycles. The van der Waals surface area contributed by atoms with Crippen molar-refractivity contribution in [3.05, 3.63) is 34.9 Å². The lowest BCUT2D eigenvalue weighted by molar-refractivity contribution is -0.140. The maximum atomic E-state index is 12.7. The normalized spacial score (nSPS) is 22.8. The maximum Gasteiger partial charge on any atom is 0.227 e. The molecule has 0 radical (unpaired) electrons. The number of piperidine rings is 1. The summed E-state index contributed by atoms with van der Waals surface area (Å²) in [4.78, 5) is 14.5. The van der Waals surface area contributed by atoms with Crippen LogP contribution < -0.4 is 0 Å². The minimum Gasteiger partial charge on any atom is -0.378 e. The molecule has 1 aromatic carbocycles. The molecule has 0 saturated carbocycles. The lowest BCUT2D eigenvalue weighted by atomic mass is 9.98. The van der Waals surface area contributed by atoms with Crippen LogP contribution >= 0.6 is 11.6 Å². The van der Waals surface area contributed by atoms with Crippen LogP contribution in [-0.4, -0.2) is 62.9 Å². The van der Waals surface area contributed by atoms with Gasteiger partial charge in [0, 0.05) is 31.2 Å². The predicted octanol–water partition coefficient (Wildman–Crippen LogP) is 1.74. The molecule has 0 bridgehead atoms. The van der Waals surface area contributed by atoms with Crippen molar-refractivity contribution < 1.29 is 17.9 Å². The molecule has 1 aromatic rings. The molecule has 8 heteroatoms. The van der Waals surface area contributed by atoms with Crippen molar-refractivity contribution in [3.63, 3.8) is 0 Å². The van der Waals surface area contributed by atoms with Gasteiger partial charge in [0.25, 0.3) is 0 Å². The molecule has 1 atom stereocenters. The van der Waals surface area contributed by atoms with Crippen LogP contribution in [-0.2, 0) is 25.3 Å². The van der Waals surface area contributed by atoms with Gasteiger partial charge in [-0.15, -0.1) is 0 Å². The van der Waals surface area contributed by atoms with Crippen LogP contribution in [0.1, 0.15) is 18.4 Å². The minimum absolute atomic E-state index is 0.0506. The second-order valence-electron chi connectivity index (χ2n) is 6.52. The van der Waals surface area contributed by atoms with Crippen molar-refractivity contribution in [3.8, 4) is 0 Å². The van der Waals surface area contributed by atoms with Crippen LogP contribution in [0.15, 0.2) is 24.3 Å². The van der Waals surface area contributed by atoms with E-state index in [1.54, 1.807) is 29.2 Å². The monoisotopic (exact) mass is 386 g/mol. The lowest BCUT2D eigenvalue weighted by Crippen LogP contribution is -2.49. The Morgan fingerprint density at radius 3 is 2.52 bits per heavy atom. The number of morpholine rings is 1. The third-order valence-corrected chi connectivity index (χ3v) is 6.78. The van der Waals surface area contributed by atoms with E-state index in [0.717, 1.165) is 6.42 Å². The Morgan fingerprint density at radius 2 is 1.84 bits per heavy atom. The summed E-state index contributed by atoms with van der Waals surface area (Å²) in [6.07, 6.45) is 1.45. The molecule has 2 fully saturated rings. The smallest absolute Gasteiger partial charge is 0.227 e. The molecule has 3 rings (SSSR count). The number of nitrogens with zero attached hydrogens (tertiary/aromatic N) is 2. The second-order valence-corrected chi connectivity index (χ2v) is 8.92. The fraction of sp³-hybridized carbons (Fsp3) is 0.588. The molecule has 6 nitrogen and oxygen atoms in total. The highest BCUT2D eigenvalue weighted by molar-refractivity contribution is 7.88. The first-order chi connectivity index (χ1) is 12.0. The zero-order valence-electron chi connectivity index (χ0n) is 14.1. The molecule has 2 heterocycles. The van der Waals surface area contributed by atoms with Gasteiger partial charge in [0.05, 0.1) is 24.9 Å². The summed E-state index contributed by atoms with van der Waals surface area (Å²) in [5.41, 5.74) is 0.700. The number of hydrogen-bond acceptors (Lipinski definition) is 4. The summed E-state index contributed by atoms with van der Waals surface area (Å²) in [6.45, 7) is 3.03. The average molecular weight is 387 g/mol. The number of ether oxygens (including phenoxy) is 1. The first kappa shape index (κ1) is 18.6. The number of carbonyl (C=O) groups is 1. The van der Waals surface area contributed by atoms with Crippen LogP contribution in [0.5, 0.6) is 0 Å². The van der Waals surface area contributed by atoms with Crippen molar-refractivity contribution in [2.24, 2.45) is 5.92 Å². The summed E-state index contributed by atoms with van der Waals surface area (Å²) < 4.78 is 32.2. The molecule has 2 aliphatic rings. The van der Waals surface area contributed by atoms with Crippen LogP contribution in [0.2, 0.25) is 5.02 Å². The Morgan fingerprint density at radius 1 is 1.16 bits per heavy atom. The number of carbonyl (C=O) groups excluding carboxylic acids is 1. The Bertz CT molecular complexity index is 702.